The van der Waals surface area contributed by atoms with E-state index in [4.69, 9.17) is 0 Å². The van der Waals surface area contributed by atoms with Gasteiger partial charge in [0.05, 0.1) is 12.2 Å². The molecule has 0 spiro atoms. The molecule has 1 aromatic heterocycles. The van der Waals surface area contributed by atoms with Gasteiger partial charge in [0.1, 0.15) is 6.54 Å². The maximum absolute atomic E-state index is 13.0. The molecule has 0 saturated heterocycles. The molecule has 124 valence electrons. The van der Waals surface area contributed by atoms with Gasteiger partial charge in [0.25, 0.3) is 5.91 Å². The van der Waals surface area contributed by atoms with Crippen LogP contribution in [0.25, 0.3) is 0 Å². The number of hydrogen-bond donors (Lipinski definition) is 2. The topological polar surface area (TPSA) is 91.0 Å². The van der Waals surface area contributed by atoms with Crippen LogP contribution < -0.4 is 5.32 Å². The largest absolute Gasteiger partial charge is 0.324 e. The molecule has 1 aliphatic rings. The Morgan fingerprint density at radius 3 is 2.60 bits per heavy atom. The molecule has 2 heterocycles. The first-order chi connectivity index (χ1) is 12.2. The standard InChI is InChI=1S/C18H15N5O2/c24-16-11-23(18(25)15-10-19-22-21-15)17(12-6-2-1-3-7-12)13-8-4-5-9-14(13)20-16/h1-10,17H,11H2,(H,20,24)(H,19,21,22)/t17-/m1/s1. The number of aromatic nitrogens is 3. The number of rotatable bonds is 2. The van der Waals surface area contributed by atoms with Gasteiger partial charge in [0.15, 0.2) is 5.69 Å². The van der Waals surface area contributed by atoms with Crippen LogP contribution in [0.15, 0.2) is 60.8 Å². The van der Waals surface area contributed by atoms with Crippen molar-refractivity contribution in [3.8, 4) is 0 Å². The van der Waals surface area contributed by atoms with Gasteiger partial charge >= 0.3 is 0 Å². The Labute approximate surface area is 143 Å². The number of nitrogens with zero attached hydrogens (tertiary/aromatic N) is 3. The summed E-state index contributed by atoms with van der Waals surface area (Å²) in [6, 6.07) is 16.7. The number of carbonyl (C=O) groups is 2. The van der Waals surface area contributed by atoms with Gasteiger partial charge in [-0.05, 0) is 11.6 Å². The Balaban J connectivity index is 1.88. The summed E-state index contributed by atoms with van der Waals surface area (Å²) in [7, 11) is 0. The summed E-state index contributed by atoms with van der Waals surface area (Å²) in [6.45, 7) is -0.0695. The number of para-hydroxylation sites is 1. The molecule has 2 N–H and O–H groups in total. The van der Waals surface area contributed by atoms with Crippen molar-refractivity contribution in [2.45, 2.75) is 6.04 Å². The fraction of sp³-hybridized carbons (Fsp3) is 0.111. The molecule has 7 nitrogen and oxygen atoms in total. The molecule has 0 fully saturated rings. The van der Waals surface area contributed by atoms with Crippen LogP contribution in [-0.2, 0) is 4.79 Å². The normalized spacial score (nSPS) is 16.7. The smallest absolute Gasteiger partial charge is 0.277 e. The van der Waals surface area contributed by atoms with Gasteiger partial charge in [0, 0.05) is 11.3 Å². The molecule has 25 heavy (non-hydrogen) atoms. The molecule has 7 heteroatoms. The maximum atomic E-state index is 13.0. The van der Waals surface area contributed by atoms with E-state index >= 15 is 0 Å². The van der Waals surface area contributed by atoms with Gasteiger partial charge in [0.2, 0.25) is 5.91 Å². The first kappa shape index (κ1) is 15.1. The molecular weight excluding hydrogens is 318 g/mol. The monoisotopic (exact) mass is 333 g/mol. The third-order valence-corrected chi connectivity index (χ3v) is 4.17. The molecule has 2 aromatic carbocycles. The Bertz CT molecular complexity index is 908. The van der Waals surface area contributed by atoms with E-state index in [9.17, 15) is 9.59 Å². The molecule has 1 atom stereocenters. The van der Waals surface area contributed by atoms with Gasteiger partial charge in [-0.2, -0.15) is 15.4 Å². The Hall–Kier alpha value is -3.48. The number of carbonyl (C=O) groups excluding carboxylic acids is 2. The minimum atomic E-state index is -0.402. The van der Waals surface area contributed by atoms with Gasteiger partial charge in [-0.3, -0.25) is 9.59 Å². The number of hydrogen-bond acceptors (Lipinski definition) is 4. The van der Waals surface area contributed by atoms with Crippen molar-refractivity contribution in [2.75, 3.05) is 11.9 Å². The summed E-state index contributed by atoms with van der Waals surface area (Å²) in [5, 5.41) is 12.9. The first-order valence-corrected chi connectivity index (χ1v) is 7.84. The summed E-state index contributed by atoms with van der Waals surface area (Å²) < 4.78 is 0. The van der Waals surface area contributed by atoms with Crippen LogP contribution in [-0.4, -0.2) is 38.7 Å². The fourth-order valence-corrected chi connectivity index (χ4v) is 3.09. The van der Waals surface area contributed by atoms with Crippen LogP contribution in [0.3, 0.4) is 0 Å². The second kappa shape index (κ2) is 6.20. The highest BCUT2D eigenvalue weighted by molar-refractivity contribution is 6.00. The van der Waals surface area contributed by atoms with E-state index in [0.29, 0.717) is 5.69 Å². The fourth-order valence-electron chi connectivity index (χ4n) is 3.09. The lowest BCUT2D eigenvalue weighted by atomic mass is 9.95. The van der Waals surface area contributed by atoms with Crippen molar-refractivity contribution >= 4 is 17.5 Å². The van der Waals surface area contributed by atoms with E-state index in [2.05, 4.69) is 20.7 Å². The zero-order valence-corrected chi connectivity index (χ0v) is 13.2. The second-order valence-electron chi connectivity index (χ2n) is 5.74. The van der Waals surface area contributed by atoms with Crippen molar-refractivity contribution in [3.63, 3.8) is 0 Å². The first-order valence-electron chi connectivity index (χ1n) is 7.84. The Kier molecular flexibility index (Phi) is 3.74. The molecule has 1 aliphatic heterocycles. The number of benzene rings is 2. The highest BCUT2D eigenvalue weighted by Crippen LogP contribution is 2.36. The van der Waals surface area contributed by atoms with Crippen LogP contribution >= 0.6 is 0 Å². The van der Waals surface area contributed by atoms with E-state index in [1.165, 1.54) is 11.1 Å². The van der Waals surface area contributed by atoms with Crippen LogP contribution in [0, 0.1) is 0 Å². The number of H-pyrrole nitrogens is 1. The number of fused-ring (bicyclic) bond motifs is 1. The van der Waals surface area contributed by atoms with Crippen LogP contribution in [0.2, 0.25) is 0 Å². The molecule has 4 rings (SSSR count). The predicted octanol–water partition coefficient (Wildman–Crippen LogP) is 1.99. The van der Waals surface area contributed by atoms with E-state index < -0.39 is 6.04 Å². The molecule has 0 aliphatic carbocycles. The molecule has 3 aromatic rings. The van der Waals surface area contributed by atoms with Crippen LogP contribution in [0.5, 0.6) is 0 Å². The average Bonchev–Trinajstić information content (AvgIpc) is 3.12. The number of aromatic amines is 1. The highest BCUT2D eigenvalue weighted by atomic mass is 16.2. The summed E-state index contributed by atoms with van der Waals surface area (Å²) in [6.07, 6.45) is 1.36. The van der Waals surface area contributed by atoms with E-state index in [0.717, 1.165) is 11.1 Å². The molecule has 0 unspecified atom stereocenters. The number of anilines is 1. The second-order valence-corrected chi connectivity index (χ2v) is 5.74. The van der Waals surface area contributed by atoms with Crippen molar-refractivity contribution in [1.29, 1.82) is 0 Å². The highest BCUT2D eigenvalue weighted by Gasteiger charge is 2.34. The third kappa shape index (κ3) is 2.76. The molecular formula is C18H15N5O2. The van der Waals surface area contributed by atoms with E-state index in [-0.39, 0.29) is 24.1 Å². The lowest BCUT2D eigenvalue weighted by Gasteiger charge is -2.29. The van der Waals surface area contributed by atoms with Crippen LogP contribution in [0.1, 0.15) is 27.7 Å². The minimum absolute atomic E-state index is 0.0695. The van der Waals surface area contributed by atoms with Crippen molar-refractivity contribution in [2.24, 2.45) is 0 Å². The summed E-state index contributed by atoms with van der Waals surface area (Å²) in [4.78, 5) is 26.9. The predicted molar refractivity (Wildman–Crippen MR) is 90.8 cm³/mol. The zero-order valence-electron chi connectivity index (χ0n) is 13.2. The maximum Gasteiger partial charge on any atom is 0.277 e. The lowest BCUT2D eigenvalue weighted by molar-refractivity contribution is -0.117. The Morgan fingerprint density at radius 1 is 1.08 bits per heavy atom. The summed E-state index contributed by atoms with van der Waals surface area (Å²) in [5.74, 6) is -0.600. The SMILES string of the molecule is O=C1CN(C(=O)c2cn[nH]n2)[C@H](c2ccccc2)c2ccccc2N1. The summed E-state index contributed by atoms with van der Waals surface area (Å²) >= 11 is 0. The molecule has 0 saturated carbocycles. The summed E-state index contributed by atoms with van der Waals surface area (Å²) in [5.41, 5.74) is 2.66. The average molecular weight is 333 g/mol. The minimum Gasteiger partial charge on any atom is -0.324 e. The van der Waals surface area contributed by atoms with Gasteiger partial charge in [-0.1, -0.05) is 48.5 Å². The van der Waals surface area contributed by atoms with E-state index in [1.54, 1.807) is 0 Å². The van der Waals surface area contributed by atoms with Gasteiger partial charge in [-0.25, -0.2) is 0 Å². The van der Waals surface area contributed by atoms with E-state index in [1.807, 2.05) is 54.6 Å². The number of amides is 2. The molecule has 2 amide bonds. The van der Waals surface area contributed by atoms with Gasteiger partial charge in [-0.15, -0.1) is 0 Å². The number of nitrogens with one attached hydrogen (secondary N) is 2. The molecule has 0 radical (unpaired) electrons. The third-order valence-electron chi connectivity index (χ3n) is 4.17. The van der Waals surface area contributed by atoms with Crippen LogP contribution in [0.4, 0.5) is 5.69 Å². The zero-order chi connectivity index (χ0) is 17.2. The van der Waals surface area contributed by atoms with Crippen molar-refractivity contribution < 1.29 is 9.59 Å². The Morgan fingerprint density at radius 2 is 1.84 bits per heavy atom. The van der Waals surface area contributed by atoms with Crippen molar-refractivity contribution in [1.82, 2.24) is 20.3 Å². The molecule has 0 bridgehead atoms. The quantitative estimate of drug-likeness (QED) is 0.750. The van der Waals surface area contributed by atoms with Gasteiger partial charge < -0.3 is 10.2 Å². The van der Waals surface area contributed by atoms with Crippen molar-refractivity contribution in [3.05, 3.63) is 77.6 Å². The lowest BCUT2D eigenvalue weighted by Crippen LogP contribution is -2.39.